The molecule has 1 unspecified atom stereocenters. The number of alkyl halides is 1. The predicted octanol–water partition coefficient (Wildman–Crippen LogP) is 2.47. The first kappa shape index (κ1) is 9.46. The maximum absolute atomic E-state index is 9.00. The van der Waals surface area contributed by atoms with Crippen LogP contribution in [0.5, 0.6) is 0 Å². The van der Waals surface area contributed by atoms with Crippen molar-refractivity contribution in [3.8, 4) is 0 Å². The Balaban J connectivity index is 2.36. The van der Waals surface area contributed by atoms with Crippen molar-refractivity contribution in [2.45, 2.75) is 29.8 Å². The van der Waals surface area contributed by atoms with Crippen molar-refractivity contribution < 1.29 is 5.11 Å². The van der Waals surface area contributed by atoms with Crippen LogP contribution in [0.2, 0.25) is 0 Å². The van der Waals surface area contributed by atoms with E-state index < -0.39 is 0 Å². The van der Waals surface area contributed by atoms with Gasteiger partial charge in [-0.2, -0.15) is 0 Å². The van der Waals surface area contributed by atoms with E-state index in [0.29, 0.717) is 3.42 Å². The third-order valence-electron chi connectivity index (χ3n) is 2.57. The van der Waals surface area contributed by atoms with Crippen LogP contribution in [0.4, 0.5) is 0 Å². The monoisotopic (exact) mass is 288 g/mol. The Bertz CT molecular complexity index is 331. The lowest BCUT2D eigenvalue weighted by atomic mass is 10.1. The van der Waals surface area contributed by atoms with Gasteiger partial charge in [0.2, 0.25) is 0 Å². The molecule has 13 heavy (non-hydrogen) atoms. The van der Waals surface area contributed by atoms with Gasteiger partial charge in [0.25, 0.3) is 0 Å². The van der Waals surface area contributed by atoms with E-state index in [2.05, 4.69) is 41.6 Å². The molecule has 1 N–H and O–H groups in total. The summed E-state index contributed by atoms with van der Waals surface area (Å²) in [5.41, 5.74) is 3.91. The summed E-state index contributed by atoms with van der Waals surface area (Å²) in [7, 11) is 0. The van der Waals surface area contributed by atoms with Crippen molar-refractivity contribution in [1.29, 1.82) is 0 Å². The van der Waals surface area contributed by atoms with Crippen LogP contribution >= 0.6 is 22.6 Å². The van der Waals surface area contributed by atoms with Crippen molar-refractivity contribution in [3.05, 3.63) is 34.9 Å². The average Bonchev–Trinajstić information content (AvgIpc) is 2.36. The Kier molecular flexibility index (Phi) is 2.36. The van der Waals surface area contributed by atoms with Crippen LogP contribution in [0.1, 0.15) is 23.6 Å². The van der Waals surface area contributed by atoms with Crippen LogP contribution in [0, 0.1) is 0 Å². The quantitative estimate of drug-likeness (QED) is 0.622. The normalized spacial score (nSPS) is 26.1. The highest BCUT2D eigenvalue weighted by Crippen LogP contribution is 2.36. The van der Waals surface area contributed by atoms with Crippen LogP contribution in [0.3, 0.4) is 0 Å². The first-order valence-corrected chi connectivity index (χ1v) is 5.59. The van der Waals surface area contributed by atoms with Gasteiger partial charge >= 0.3 is 0 Å². The first-order valence-electron chi connectivity index (χ1n) is 4.51. The Labute approximate surface area is 92.3 Å². The van der Waals surface area contributed by atoms with Crippen LogP contribution in [-0.2, 0) is 19.4 Å². The summed E-state index contributed by atoms with van der Waals surface area (Å²) in [6.07, 6.45) is 2.30. The van der Waals surface area contributed by atoms with E-state index in [4.69, 9.17) is 5.11 Å². The van der Waals surface area contributed by atoms with Gasteiger partial charge in [0.05, 0.1) is 6.61 Å². The summed E-state index contributed by atoms with van der Waals surface area (Å²) in [6.45, 7) is 2.44. The molecule has 0 saturated heterocycles. The molecule has 0 spiro atoms. The number of hydrogen-bond donors (Lipinski definition) is 1. The van der Waals surface area contributed by atoms with Gasteiger partial charge in [-0.25, -0.2) is 0 Å². The minimum absolute atomic E-state index is 0.158. The molecule has 0 fully saturated rings. The van der Waals surface area contributed by atoms with E-state index in [1.807, 2.05) is 6.07 Å². The number of halogens is 1. The summed E-state index contributed by atoms with van der Waals surface area (Å²) < 4.78 is 0.383. The molecule has 1 aromatic rings. The second-order valence-corrected chi connectivity index (χ2v) is 6.63. The van der Waals surface area contributed by atoms with Crippen molar-refractivity contribution in [2.24, 2.45) is 0 Å². The largest absolute Gasteiger partial charge is 0.392 e. The summed E-state index contributed by atoms with van der Waals surface area (Å²) in [5, 5.41) is 9.00. The Morgan fingerprint density at radius 2 is 2.08 bits per heavy atom. The zero-order chi connectivity index (χ0) is 9.47. The van der Waals surface area contributed by atoms with Gasteiger partial charge in [0.1, 0.15) is 0 Å². The zero-order valence-electron chi connectivity index (χ0n) is 7.68. The molecule has 70 valence electrons. The second-order valence-electron chi connectivity index (χ2n) is 4.03. The van der Waals surface area contributed by atoms with Crippen LogP contribution in [-0.4, -0.2) is 8.53 Å². The number of aliphatic hydroxyl groups is 1. The SMILES string of the molecule is CC1(I)Cc2ccc(CO)cc2C1. The van der Waals surface area contributed by atoms with Gasteiger partial charge in [-0.1, -0.05) is 40.8 Å². The lowest BCUT2D eigenvalue weighted by Gasteiger charge is -2.12. The number of rotatable bonds is 1. The minimum Gasteiger partial charge on any atom is -0.392 e. The molecule has 1 nitrogen and oxygen atoms in total. The molecule has 0 saturated carbocycles. The molecule has 0 bridgehead atoms. The highest BCUT2D eigenvalue weighted by atomic mass is 127. The highest BCUT2D eigenvalue weighted by Gasteiger charge is 2.29. The van der Waals surface area contributed by atoms with E-state index in [-0.39, 0.29) is 6.61 Å². The summed E-state index contributed by atoms with van der Waals surface area (Å²) >= 11 is 2.52. The molecule has 0 radical (unpaired) electrons. The van der Waals surface area contributed by atoms with Crippen molar-refractivity contribution in [3.63, 3.8) is 0 Å². The molecule has 2 rings (SSSR count). The smallest absolute Gasteiger partial charge is 0.0681 e. The maximum Gasteiger partial charge on any atom is 0.0681 e. The molecule has 1 aromatic carbocycles. The lowest BCUT2D eigenvalue weighted by molar-refractivity contribution is 0.281. The predicted molar refractivity (Wildman–Crippen MR) is 62.2 cm³/mol. The van der Waals surface area contributed by atoms with Crippen molar-refractivity contribution in [2.75, 3.05) is 0 Å². The molecule has 0 aromatic heterocycles. The molecular formula is C11H13IO. The number of fused-ring (bicyclic) bond motifs is 1. The molecule has 1 atom stereocenters. The maximum atomic E-state index is 9.00. The standard InChI is InChI=1S/C11H13IO/c1-11(12)5-9-3-2-8(7-13)4-10(9)6-11/h2-4,13H,5-7H2,1H3. The summed E-state index contributed by atoms with van der Waals surface area (Å²) in [5.74, 6) is 0. The molecule has 2 heteroatoms. The Morgan fingerprint density at radius 1 is 1.38 bits per heavy atom. The molecule has 0 amide bonds. The highest BCUT2D eigenvalue weighted by molar-refractivity contribution is 14.1. The fourth-order valence-electron chi connectivity index (χ4n) is 1.97. The Morgan fingerprint density at radius 3 is 2.77 bits per heavy atom. The van der Waals surface area contributed by atoms with E-state index in [0.717, 1.165) is 18.4 Å². The van der Waals surface area contributed by atoms with Crippen LogP contribution < -0.4 is 0 Å². The van der Waals surface area contributed by atoms with Gasteiger partial charge in [0, 0.05) is 3.42 Å². The summed E-state index contributed by atoms with van der Waals surface area (Å²) in [6, 6.07) is 6.32. The lowest BCUT2D eigenvalue weighted by Crippen LogP contribution is -2.13. The van der Waals surface area contributed by atoms with E-state index in [9.17, 15) is 0 Å². The van der Waals surface area contributed by atoms with Gasteiger partial charge in [-0.3, -0.25) is 0 Å². The molecule has 1 aliphatic rings. The van der Waals surface area contributed by atoms with E-state index >= 15 is 0 Å². The van der Waals surface area contributed by atoms with Gasteiger partial charge in [0.15, 0.2) is 0 Å². The zero-order valence-corrected chi connectivity index (χ0v) is 9.84. The molecule has 0 aliphatic heterocycles. The summed E-state index contributed by atoms with van der Waals surface area (Å²) in [4.78, 5) is 0. The van der Waals surface area contributed by atoms with Gasteiger partial charge < -0.3 is 5.11 Å². The molecular weight excluding hydrogens is 275 g/mol. The third kappa shape index (κ3) is 1.89. The van der Waals surface area contributed by atoms with E-state index in [1.54, 1.807) is 0 Å². The molecule has 0 heterocycles. The van der Waals surface area contributed by atoms with Gasteiger partial charge in [-0.15, -0.1) is 0 Å². The van der Waals surface area contributed by atoms with Crippen LogP contribution in [0.25, 0.3) is 0 Å². The van der Waals surface area contributed by atoms with E-state index in [1.165, 1.54) is 11.1 Å². The minimum atomic E-state index is 0.158. The molecule has 1 aliphatic carbocycles. The number of hydrogen-bond acceptors (Lipinski definition) is 1. The van der Waals surface area contributed by atoms with Crippen LogP contribution in [0.15, 0.2) is 18.2 Å². The fourth-order valence-corrected chi connectivity index (χ4v) is 2.79. The fraction of sp³-hybridized carbons (Fsp3) is 0.455. The number of aliphatic hydroxyl groups excluding tert-OH is 1. The third-order valence-corrected chi connectivity index (χ3v) is 3.33. The number of benzene rings is 1. The Hall–Kier alpha value is -0.0900. The average molecular weight is 288 g/mol. The van der Waals surface area contributed by atoms with Crippen molar-refractivity contribution in [1.82, 2.24) is 0 Å². The van der Waals surface area contributed by atoms with Gasteiger partial charge in [-0.05, 0) is 36.5 Å². The van der Waals surface area contributed by atoms with Crippen molar-refractivity contribution >= 4 is 22.6 Å². The topological polar surface area (TPSA) is 20.2 Å². The first-order chi connectivity index (χ1) is 6.11. The second kappa shape index (κ2) is 3.24.